The smallest absolute Gasteiger partial charge is 0.222 e. The van der Waals surface area contributed by atoms with Gasteiger partial charge < -0.3 is 10.2 Å². The fourth-order valence-corrected chi connectivity index (χ4v) is 3.02. The van der Waals surface area contributed by atoms with Crippen LogP contribution >= 0.6 is 0 Å². The number of piperidine rings is 1. The Morgan fingerprint density at radius 1 is 1.38 bits per heavy atom. The van der Waals surface area contributed by atoms with Crippen LogP contribution in [0.5, 0.6) is 0 Å². The number of nitrogens with one attached hydrogen (secondary N) is 1. The molecule has 0 saturated carbocycles. The molecule has 0 aromatic heterocycles. The zero-order valence-corrected chi connectivity index (χ0v) is 13.6. The SMILES string of the molecule is Cc1ccc(CN(C)C(=O)CC(C)C2CCCNC2)cc1. The average Bonchev–Trinajstić information content (AvgIpc) is 2.50. The van der Waals surface area contributed by atoms with E-state index in [-0.39, 0.29) is 5.91 Å². The summed E-state index contributed by atoms with van der Waals surface area (Å²) in [7, 11) is 1.91. The molecular weight excluding hydrogens is 260 g/mol. The van der Waals surface area contributed by atoms with Crippen LogP contribution in [0.15, 0.2) is 24.3 Å². The summed E-state index contributed by atoms with van der Waals surface area (Å²) in [5.74, 6) is 1.37. The third-order valence-corrected chi connectivity index (χ3v) is 4.60. The topological polar surface area (TPSA) is 32.3 Å². The highest BCUT2D eigenvalue weighted by Crippen LogP contribution is 2.23. The van der Waals surface area contributed by atoms with Gasteiger partial charge in [-0.1, -0.05) is 36.8 Å². The maximum absolute atomic E-state index is 12.4. The second-order valence-corrected chi connectivity index (χ2v) is 6.52. The molecule has 21 heavy (non-hydrogen) atoms. The first-order chi connectivity index (χ1) is 10.1. The van der Waals surface area contributed by atoms with Gasteiger partial charge in [0.2, 0.25) is 5.91 Å². The van der Waals surface area contributed by atoms with Gasteiger partial charge in [0.15, 0.2) is 0 Å². The maximum atomic E-state index is 12.4. The number of carbonyl (C=O) groups is 1. The molecule has 0 bridgehead atoms. The van der Waals surface area contributed by atoms with Crippen LogP contribution in [0.2, 0.25) is 0 Å². The monoisotopic (exact) mass is 288 g/mol. The zero-order valence-electron chi connectivity index (χ0n) is 13.6. The molecule has 1 aromatic carbocycles. The molecule has 3 nitrogen and oxygen atoms in total. The van der Waals surface area contributed by atoms with Crippen molar-refractivity contribution in [2.24, 2.45) is 11.8 Å². The summed E-state index contributed by atoms with van der Waals surface area (Å²) in [4.78, 5) is 14.2. The van der Waals surface area contributed by atoms with E-state index in [2.05, 4.69) is 43.4 Å². The van der Waals surface area contributed by atoms with Gasteiger partial charge in [0.25, 0.3) is 0 Å². The summed E-state index contributed by atoms with van der Waals surface area (Å²) in [6.07, 6.45) is 3.15. The second kappa shape index (κ2) is 7.60. The van der Waals surface area contributed by atoms with Crippen molar-refractivity contribution in [1.29, 1.82) is 0 Å². The predicted octanol–water partition coefficient (Wildman–Crippen LogP) is 2.98. The van der Waals surface area contributed by atoms with E-state index in [0.717, 1.165) is 13.1 Å². The Labute approximate surface area is 128 Å². The van der Waals surface area contributed by atoms with Gasteiger partial charge in [-0.3, -0.25) is 4.79 Å². The first-order valence-corrected chi connectivity index (χ1v) is 8.06. The zero-order chi connectivity index (χ0) is 15.2. The van der Waals surface area contributed by atoms with Crippen molar-refractivity contribution in [3.05, 3.63) is 35.4 Å². The molecule has 1 N–H and O–H groups in total. The van der Waals surface area contributed by atoms with Gasteiger partial charge in [0.1, 0.15) is 0 Å². The number of hydrogen-bond donors (Lipinski definition) is 1. The maximum Gasteiger partial charge on any atom is 0.222 e. The molecule has 2 unspecified atom stereocenters. The van der Waals surface area contributed by atoms with E-state index in [9.17, 15) is 4.79 Å². The lowest BCUT2D eigenvalue weighted by Gasteiger charge is -2.29. The number of rotatable bonds is 5. The highest BCUT2D eigenvalue weighted by molar-refractivity contribution is 5.76. The van der Waals surface area contributed by atoms with Crippen molar-refractivity contribution in [3.8, 4) is 0 Å². The largest absolute Gasteiger partial charge is 0.341 e. The fourth-order valence-electron chi connectivity index (χ4n) is 3.02. The highest BCUT2D eigenvalue weighted by atomic mass is 16.2. The first-order valence-electron chi connectivity index (χ1n) is 8.06. The third kappa shape index (κ3) is 4.85. The summed E-state index contributed by atoms with van der Waals surface area (Å²) in [5, 5.41) is 3.44. The van der Waals surface area contributed by atoms with E-state index in [1.165, 1.54) is 24.0 Å². The number of hydrogen-bond acceptors (Lipinski definition) is 2. The molecule has 2 rings (SSSR count). The van der Waals surface area contributed by atoms with Gasteiger partial charge in [-0.15, -0.1) is 0 Å². The molecule has 1 amide bonds. The Hall–Kier alpha value is -1.35. The standard InChI is InChI=1S/C18H28N2O/c1-14-6-8-16(9-7-14)13-20(3)18(21)11-15(2)17-5-4-10-19-12-17/h6-9,15,17,19H,4-5,10-13H2,1-3H3. The molecule has 1 heterocycles. The van der Waals surface area contributed by atoms with Gasteiger partial charge in [0.05, 0.1) is 0 Å². The number of nitrogens with zero attached hydrogens (tertiary/aromatic N) is 1. The highest BCUT2D eigenvalue weighted by Gasteiger charge is 2.23. The van der Waals surface area contributed by atoms with Crippen LogP contribution in [-0.2, 0) is 11.3 Å². The average molecular weight is 288 g/mol. The summed E-state index contributed by atoms with van der Waals surface area (Å²) in [6, 6.07) is 8.41. The molecule has 1 fully saturated rings. The lowest BCUT2D eigenvalue weighted by Crippen LogP contribution is -2.36. The molecule has 116 valence electrons. The Morgan fingerprint density at radius 3 is 2.71 bits per heavy atom. The number of carbonyl (C=O) groups excluding carboxylic acids is 1. The van der Waals surface area contributed by atoms with Crippen LogP contribution in [0.1, 0.15) is 37.3 Å². The van der Waals surface area contributed by atoms with E-state index in [1.807, 2.05) is 11.9 Å². The van der Waals surface area contributed by atoms with Gasteiger partial charge in [-0.2, -0.15) is 0 Å². The number of amides is 1. The third-order valence-electron chi connectivity index (χ3n) is 4.60. The van der Waals surface area contributed by atoms with Crippen molar-refractivity contribution < 1.29 is 4.79 Å². The van der Waals surface area contributed by atoms with Gasteiger partial charge in [-0.25, -0.2) is 0 Å². The molecule has 0 radical (unpaired) electrons. The second-order valence-electron chi connectivity index (χ2n) is 6.52. The molecule has 0 aliphatic carbocycles. The van der Waals surface area contributed by atoms with Crippen molar-refractivity contribution in [2.75, 3.05) is 20.1 Å². The van der Waals surface area contributed by atoms with E-state index in [0.29, 0.717) is 24.8 Å². The molecule has 2 atom stereocenters. The Bertz CT molecular complexity index is 449. The van der Waals surface area contributed by atoms with E-state index >= 15 is 0 Å². The molecule has 0 spiro atoms. The summed E-state index contributed by atoms with van der Waals surface area (Å²) >= 11 is 0. The summed E-state index contributed by atoms with van der Waals surface area (Å²) in [6.45, 7) is 7.20. The Balaban J connectivity index is 1.82. The minimum atomic E-state index is 0.258. The van der Waals surface area contributed by atoms with Gasteiger partial charge in [0, 0.05) is 20.0 Å². The van der Waals surface area contributed by atoms with E-state index in [1.54, 1.807) is 0 Å². The van der Waals surface area contributed by atoms with Crippen molar-refractivity contribution in [3.63, 3.8) is 0 Å². The molecule has 1 saturated heterocycles. The minimum Gasteiger partial charge on any atom is -0.341 e. The van der Waals surface area contributed by atoms with Crippen LogP contribution in [-0.4, -0.2) is 30.9 Å². The van der Waals surface area contributed by atoms with E-state index in [4.69, 9.17) is 0 Å². The number of aryl methyl sites for hydroxylation is 1. The first kappa shape index (κ1) is 16.0. The quantitative estimate of drug-likeness (QED) is 0.903. The molecule has 1 aromatic rings. The fraction of sp³-hybridized carbons (Fsp3) is 0.611. The molecule has 3 heteroatoms. The van der Waals surface area contributed by atoms with Crippen molar-refractivity contribution in [1.82, 2.24) is 10.2 Å². The summed E-state index contributed by atoms with van der Waals surface area (Å²) < 4.78 is 0. The van der Waals surface area contributed by atoms with Crippen molar-refractivity contribution >= 4 is 5.91 Å². The van der Waals surface area contributed by atoms with Gasteiger partial charge in [-0.05, 0) is 50.3 Å². The normalized spacial score (nSPS) is 20.0. The molecule has 1 aliphatic heterocycles. The predicted molar refractivity (Wildman–Crippen MR) is 87.0 cm³/mol. The lowest BCUT2D eigenvalue weighted by atomic mass is 9.85. The Kier molecular flexibility index (Phi) is 5.80. The Morgan fingerprint density at radius 2 is 2.10 bits per heavy atom. The molecular formula is C18H28N2O. The van der Waals surface area contributed by atoms with Gasteiger partial charge >= 0.3 is 0 Å². The number of benzene rings is 1. The van der Waals surface area contributed by atoms with Crippen LogP contribution in [0.4, 0.5) is 0 Å². The summed E-state index contributed by atoms with van der Waals surface area (Å²) in [5.41, 5.74) is 2.45. The van der Waals surface area contributed by atoms with Crippen LogP contribution < -0.4 is 5.32 Å². The van der Waals surface area contributed by atoms with E-state index < -0.39 is 0 Å². The lowest BCUT2D eigenvalue weighted by molar-refractivity contribution is -0.131. The van der Waals surface area contributed by atoms with Crippen LogP contribution in [0.3, 0.4) is 0 Å². The minimum absolute atomic E-state index is 0.258. The van der Waals surface area contributed by atoms with Crippen LogP contribution in [0.25, 0.3) is 0 Å². The van der Waals surface area contributed by atoms with Crippen molar-refractivity contribution in [2.45, 2.75) is 39.7 Å². The van der Waals surface area contributed by atoms with Crippen LogP contribution in [0, 0.1) is 18.8 Å². The molecule has 1 aliphatic rings.